The number of benzene rings is 2. The zero-order valence-electron chi connectivity index (χ0n) is 14.7. The number of hydrogen-bond donors (Lipinski definition) is 0. The Morgan fingerprint density at radius 1 is 1.00 bits per heavy atom. The highest BCUT2D eigenvalue weighted by molar-refractivity contribution is 9.10. The third-order valence-electron chi connectivity index (χ3n) is 5.69. The molecule has 26 heavy (non-hydrogen) atoms. The summed E-state index contributed by atoms with van der Waals surface area (Å²) in [6.07, 6.45) is 4.04. The van der Waals surface area contributed by atoms with Crippen molar-refractivity contribution in [3.8, 4) is 0 Å². The first kappa shape index (κ1) is 17.9. The summed E-state index contributed by atoms with van der Waals surface area (Å²) in [5.74, 6) is -0.941. The molecule has 2 aliphatic rings. The summed E-state index contributed by atoms with van der Waals surface area (Å²) in [6.45, 7) is 4.01. The first-order valence-electron chi connectivity index (χ1n) is 9.31. The second-order valence-corrected chi connectivity index (χ2v) is 8.19. The van der Waals surface area contributed by atoms with E-state index in [0.717, 1.165) is 56.0 Å². The van der Waals surface area contributed by atoms with Crippen molar-refractivity contribution in [1.82, 2.24) is 4.90 Å². The van der Waals surface area contributed by atoms with Gasteiger partial charge in [0.25, 0.3) is 0 Å². The molecule has 2 heterocycles. The minimum atomic E-state index is -0.510. The normalized spacial score (nSPS) is 18.3. The lowest BCUT2D eigenvalue weighted by Crippen LogP contribution is -2.45. The van der Waals surface area contributed by atoms with Crippen LogP contribution in [0.4, 0.5) is 14.5 Å². The maximum absolute atomic E-state index is 13.8. The van der Waals surface area contributed by atoms with Crippen molar-refractivity contribution in [2.75, 3.05) is 31.1 Å². The lowest BCUT2D eigenvalue weighted by Gasteiger charge is -2.38. The van der Waals surface area contributed by atoms with Crippen LogP contribution in [0.1, 0.15) is 24.0 Å². The van der Waals surface area contributed by atoms with Crippen molar-refractivity contribution < 1.29 is 8.78 Å². The number of likely N-dealkylation sites (tertiary alicyclic amines) is 1. The zero-order valence-corrected chi connectivity index (χ0v) is 16.3. The Labute approximate surface area is 161 Å². The molecule has 1 fully saturated rings. The minimum absolute atomic E-state index is 0.431. The van der Waals surface area contributed by atoms with Gasteiger partial charge in [0, 0.05) is 48.4 Å². The number of hydrogen-bond acceptors (Lipinski definition) is 2. The van der Waals surface area contributed by atoms with Crippen molar-refractivity contribution in [2.45, 2.75) is 31.7 Å². The molecular weight excluding hydrogens is 398 g/mol. The molecule has 0 bridgehead atoms. The molecule has 2 aromatic rings. The van der Waals surface area contributed by atoms with E-state index in [1.54, 1.807) is 6.07 Å². The molecule has 0 radical (unpaired) electrons. The molecule has 0 unspecified atom stereocenters. The average molecular weight is 421 g/mol. The molecule has 2 nitrogen and oxygen atoms in total. The van der Waals surface area contributed by atoms with Crippen LogP contribution in [0.3, 0.4) is 0 Å². The van der Waals surface area contributed by atoms with Crippen molar-refractivity contribution >= 4 is 21.6 Å². The molecule has 4 rings (SSSR count). The van der Waals surface area contributed by atoms with Crippen molar-refractivity contribution in [3.05, 3.63) is 63.6 Å². The predicted octanol–water partition coefficient (Wildman–Crippen LogP) is 4.80. The Balaban J connectivity index is 1.32. The van der Waals surface area contributed by atoms with Gasteiger partial charge in [0.2, 0.25) is 0 Å². The fraction of sp³-hybridized carbons (Fsp3) is 0.429. The molecule has 2 aliphatic heterocycles. The van der Waals surface area contributed by atoms with Gasteiger partial charge in [0.05, 0.1) is 0 Å². The number of piperidine rings is 1. The van der Waals surface area contributed by atoms with Crippen LogP contribution in [-0.4, -0.2) is 37.1 Å². The maximum Gasteiger partial charge on any atom is 0.129 e. The van der Waals surface area contributed by atoms with Crippen LogP contribution < -0.4 is 4.90 Å². The Kier molecular flexibility index (Phi) is 5.28. The van der Waals surface area contributed by atoms with E-state index in [2.05, 4.69) is 43.9 Å². The highest BCUT2D eigenvalue weighted by Gasteiger charge is 2.29. The Hall–Kier alpha value is -1.46. The zero-order chi connectivity index (χ0) is 18.1. The van der Waals surface area contributed by atoms with Gasteiger partial charge >= 0.3 is 0 Å². The highest BCUT2D eigenvalue weighted by atomic mass is 79.9. The van der Waals surface area contributed by atoms with Gasteiger partial charge in [-0.1, -0.05) is 28.1 Å². The van der Waals surface area contributed by atoms with Crippen molar-refractivity contribution in [3.63, 3.8) is 0 Å². The van der Waals surface area contributed by atoms with Gasteiger partial charge in [-0.3, -0.25) is 0 Å². The quantitative estimate of drug-likeness (QED) is 0.700. The van der Waals surface area contributed by atoms with E-state index in [0.29, 0.717) is 18.0 Å². The Morgan fingerprint density at radius 2 is 1.81 bits per heavy atom. The molecule has 0 saturated carbocycles. The molecule has 0 spiro atoms. The predicted molar refractivity (Wildman–Crippen MR) is 105 cm³/mol. The minimum Gasteiger partial charge on any atom is -0.368 e. The summed E-state index contributed by atoms with van der Waals surface area (Å²) < 4.78 is 27.9. The van der Waals surface area contributed by atoms with E-state index in [-0.39, 0.29) is 0 Å². The van der Waals surface area contributed by atoms with E-state index < -0.39 is 11.6 Å². The Morgan fingerprint density at radius 3 is 2.58 bits per heavy atom. The molecule has 0 amide bonds. The maximum atomic E-state index is 13.8. The summed E-state index contributed by atoms with van der Waals surface area (Å²) in [5.41, 5.74) is 3.43. The SMILES string of the molecule is Fc1ccc(CCN2CCC(N3CCc4ccc(Br)cc43)CC2)c(F)c1. The van der Waals surface area contributed by atoms with Gasteiger partial charge in [-0.25, -0.2) is 8.78 Å². The molecule has 0 atom stereocenters. The monoisotopic (exact) mass is 420 g/mol. The summed E-state index contributed by atoms with van der Waals surface area (Å²) in [6, 6.07) is 11.1. The molecular formula is C21H23BrF2N2. The summed E-state index contributed by atoms with van der Waals surface area (Å²) in [4.78, 5) is 4.97. The molecule has 2 aromatic carbocycles. The van der Waals surface area contributed by atoms with Crippen LogP contribution in [0.2, 0.25) is 0 Å². The number of rotatable bonds is 4. The average Bonchev–Trinajstić information content (AvgIpc) is 3.04. The topological polar surface area (TPSA) is 6.48 Å². The standard InChI is InChI=1S/C21H23BrF2N2/c22-17-3-1-16-6-12-26(21(16)13-17)19-7-10-25(11-8-19)9-5-15-2-4-18(23)14-20(15)24/h1-4,13-14,19H,5-12H2. The second kappa shape index (κ2) is 7.65. The van der Waals surface area contributed by atoms with E-state index in [1.165, 1.54) is 17.3 Å². The lowest BCUT2D eigenvalue weighted by atomic mass is 10.0. The first-order valence-corrected chi connectivity index (χ1v) is 10.1. The van der Waals surface area contributed by atoms with Crippen LogP contribution in [0.25, 0.3) is 0 Å². The van der Waals surface area contributed by atoms with Crippen LogP contribution in [0, 0.1) is 11.6 Å². The van der Waals surface area contributed by atoms with E-state index >= 15 is 0 Å². The smallest absolute Gasteiger partial charge is 0.129 e. The van der Waals surface area contributed by atoms with Gasteiger partial charge in [-0.2, -0.15) is 0 Å². The van der Waals surface area contributed by atoms with E-state index in [9.17, 15) is 8.78 Å². The third-order valence-corrected chi connectivity index (χ3v) is 6.18. The molecule has 138 valence electrons. The second-order valence-electron chi connectivity index (χ2n) is 7.27. The number of halogens is 3. The van der Waals surface area contributed by atoms with Crippen LogP contribution >= 0.6 is 15.9 Å². The summed E-state index contributed by atoms with van der Waals surface area (Å²) in [5, 5.41) is 0. The molecule has 1 saturated heterocycles. The molecule has 0 N–H and O–H groups in total. The van der Waals surface area contributed by atoms with Crippen LogP contribution in [-0.2, 0) is 12.8 Å². The number of nitrogens with zero attached hydrogens (tertiary/aromatic N) is 2. The van der Waals surface area contributed by atoms with Gasteiger partial charge in [0.1, 0.15) is 11.6 Å². The number of fused-ring (bicyclic) bond motifs is 1. The highest BCUT2D eigenvalue weighted by Crippen LogP contribution is 2.34. The van der Waals surface area contributed by atoms with E-state index in [4.69, 9.17) is 0 Å². The summed E-state index contributed by atoms with van der Waals surface area (Å²) in [7, 11) is 0. The first-order chi connectivity index (χ1) is 12.6. The van der Waals surface area contributed by atoms with Gasteiger partial charge in [-0.05, 0) is 55.0 Å². The fourth-order valence-electron chi connectivity index (χ4n) is 4.21. The van der Waals surface area contributed by atoms with Crippen molar-refractivity contribution in [1.29, 1.82) is 0 Å². The molecule has 0 aromatic heterocycles. The summed E-state index contributed by atoms with van der Waals surface area (Å²) >= 11 is 3.59. The largest absolute Gasteiger partial charge is 0.368 e. The van der Waals surface area contributed by atoms with E-state index in [1.807, 2.05) is 0 Å². The van der Waals surface area contributed by atoms with Crippen LogP contribution in [0.5, 0.6) is 0 Å². The van der Waals surface area contributed by atoms with Gasteiger partial charge < -0.3 is 9.80 Å². The van der Waals surface area contributed by atoms with Crippen LogP contribution in [0.15, 0.2) is 40.9 Å². The fourth-order valence-corrected chi connectivity index (χ4v) is 4.56. The molecule has 0 aliphatic carbocycles. The van der Waals surface area contributed by atoms with Gasteiger partial charge in [0.15, 0.2) is 0 Å². The number of anilines is 1. The van der Waals surface area contributed by atoms with Gasteiger partial charge in [-0.15, -0.1) is 0 Å². The van der Waals surface area contributed by atoms with Crippen molar-refractivity contribution in [2.24, 2.45) is 0 Å². The Bertz CT molecular complexity index is 788. The molecule has 5 heteroatoms. The lowest BCUT2D eigenvalue weighted by molar-refractivity contribution is 0.211. The third kappa shape index (κ3) is 3.79.